The summed E-state index contributed by atoms with van der Waals surface area (Å²) < 4.78 is 26.6. The predicted octanol–water partition coefficient (Wildman–Crippen LogP) is 3.04. The highest BCUT2D eigenvalue weighted by molar-refractivity contribution is 5.66. The van der Waals surface area contributed by atoms with Gasteiger partial charge >= 0.3 is 5.97 Å². The Morgan fingerprint density at radius 1 is 1.37 bits per heavy atom. The number of benzene rings is 1. The van der Waals surface area contributed by atoms with E-state index in [1.165, 1.54) is 6.07 Å². The molecule has 0 saturated carbocycles. The van der Waals surface area contributed by atoms with Crippen LogP contribution in [0, 0.1) is 11.6 Å². The highest BCUT2D eigenvalue weighted by Crippen LogP contribution is 2.14. The summed E-state index contributed by atoms with van der Waals surface area (Å²) in [5.74, 6) is -1.75. The zero-order chi connectivity index (χ0) is 14.4. The Hall–Kier alpha value is -1.49. The molecule has 0 amide bonds. The molecule has 0 atom stereocenters. The molecular formula is C14H19F2NO2. The number of carbonyl (C=O) groups is 1. The van der Waals surface area contributed by atoms with Gasteiger partial charge in [0.15, 0.2) is 0 Å². The Kier molecular flexibility index (Phi) is 5.89. The lowest BCUT2D eigenvalue weighted by molar-refractivity contribution is -0.137. The second-order valence-corrected chi connectivity index (χ2v) is 4.80. The molecule has 106 valence electrons. The first kappa shape index (κ1) is 15.6. The summed E-state index contributed by atoms with van der Waals surface area (Å²) in [5, 5.41) is 8.61. The van der Waals surface area contributed by atoms with Crippen molar-refractivity contribution in [2.45, 2.75) is 39.3 Å². The van der Waals surface area contributed by atoms with Gasteiger partial charge in [0.25, 0.3) is 0 Å². The van der Waals surface area contributed by atoms with Crippen LogP contribution in [0.5, 0.6) is 0 Å². The average molecular weight is 271 g/mol. The summed E-state index contributed by atoms with van der Waals surface area (Å²) in [6.07, 6.45) is 0.569. The van der Waals surface area contributed by atoms with Gasteiger partial charge in [0.2, 0.25) is 0 Å². The smallest absolute Gasteiger partial charge is 0.303 e. The second-order valence-electron chi connectivity index (χ2n) is 4.80. The van der Waals surface area contributed by atoms with E-state index in [0.717, 1.165) is 12.1 Å². The van der Waals surface area contributed by atoms with Gasteiger partial charge in [0.1, 0.15) is 11.6 Å². The van der Waals surface area contributed by atoms with Crippen LogP contribution in [-0.4, -0.2) is 28.6 Å². The van der Waals surface area contributed by atoms with Gasteiger partial charge in [-0.25, -0.2) is 8.78 Å². The van der Waals surface area contributed by atoms with Crippen LogP contribution in [0.1, 0.15) is 32.3 Å². The van der Waals surface area contributed by atoms with Crippen molar-refractivity contribution in [1.29, 1.82) is 0 Å². The summed E-state index contributed by atoms with van der Waals surface area (Å²) >= 11 is 0. The van der Waals surface area contributed by atoms with E-state index in [-0.39, 0.29) is 19.0 Å². The van der Waals surface area contributed by atoms with Crippen molar-refractivity contribution in [3.05, 3.63) is 35.4 Å². The van der Waals surface area contributed by atoms with E-state index in [0.29, 0.717) is 18.5 Å². The van der Waals surface area contributed by atoms with Gasteiger partial charge in [-0.2, -0.15) is 0 Å². The maximum absolute atomic E-state index is 13.6. The lowest BCUT2D eigenvalue weighted by Crippen LogP contribution is -2.32. The van der Waals surface area contributed by atoms with Crippen LogP contribution in [-0.2, 0) is 11.3 Å². The molecule has 0 bridgehead atoms. The van der Waals surface area contributed by atoms with E-state index >= 15 is 0 Å². The van der Waals surface area contributed by atoms with Gasteiger partial charge in [-0.15, -0.1) is 0 Å². The third kappa shape index (κ3) is 5.34. The Morgan fingerprint density at radius 3 is 2.63 bits per heavy atom. The standard InChI is InChI=1S/C14H19F2NO2/c1-10(2)17(7-3-4-14(18)19)9-11-8-12(15)5-6-13(11)16/h5-6,8,10H,3-4,7,9H2,1-2H3,(H,18,19). The van der Waals surface area contributed by atoms with Crippen LogP contribution in [0.25, 0.3) is 0 Å². The number of carboxylic acids is 1. The van der Waals surface area contributed by atoms with Crippen LogP contribution in [0.3, 0.4) is 0 Å². The average Bonchev–Trinajstić information content (AvgIpc) is 2.31. The van der Waals surface area contributed by atoms with Crippen molar-refractivity contribution in [3.8, 4) is 0 Å². The third-order valence-electron chi connectivity index (χ3n) is 2.95. The van der Waals surface area contributed by atoms with Gasteiger partial charge in [-0.05, 0) is 45.0 Å². The van der Waals surface area contributed by atoms with Gasteiger partial charge in [-0.1, -0.05) is 0 Å². The number of nitrogens with zero attached hydrogens (tertiary/aromatic N) is 1. The summed E-state index contributed by atoms with van der Waals surface area (Å²) in [6.45, 7) is 4.71. The van der Waals surface area contributed by atoms with E-state index in [1.807, 2.05) is 18.7 Å². The molecule has 0 aliphatic carbocycles. The van der Waals surface area contributed by atoms with E-state index in [4.69, 9.17) is 5.11 Å². The number of halogens is 2. The summed E-state index contributed by atoms with van der Waals surface area (Å²) in [7, 11) is 0. The van der Waals surface area contributed by atoms with Crippen LogP contribution < -0.4 is 0 Å². The number of aliphatic carboxylic acids is 1. The Balaban J connectivity index is 2.67. The van der Waals surface area contributed by atoms with Crippen molar-refractivity contribution < 1.29 is 18.7 Å². The van der Waals surface area contributed by atoms with Crippen LogP contribution in [0.4, 0.5) is 8.78 Å². The van der Waals surface area contributed by atoms with E-state index in [2.05, 4.69) is 0 Å². The fourth-order valence-corrected chi connectivity index (χ4v) is 1.84. The topological polar surface area (TPSA) is 40.5 Å². The minimum Gasteiger partial charge on any atom is -0.481 e. The fourth-order valence-electron chi connectivity index (χ4n) is 1.84. The monoisotopic (exact) mass is 271 g/mol. The first-order chi connectivity index (χ1) is 8.90. The quantitative estimate of drug-likeness (QED) is 0.828. The first-order valence-corrected chi connectivity index (χ1v) is 6.30. The minimum atomic E-state index is -0.847. The summed E-state index contributed by atoms with van der Waals surface area (Å²) in [6, 6.07) is 3.52. The van der Waals surface area contributed by atoms with Gasteiger partial charge in [0, 0.05) is 24.6 Å². The zero-order valence-corrected chi connectivity index (χ0v) is 11.2. The van der Waals surface area contributed by atoms with E-state index < -0.39 is 17.6 Å². The summed E-state index contributed by atoms with van der Waals surface area (Å²) in [4.78, 5) is 12.4. The van der Waals surface area contributed by atoms with Crippen molar-refractivity contribution >= 4 is 5.97 Å². The highest BCUT2D eigenvalue weighted by atomic mass is 19.1. The Labute approximate surface area is 111 Å². The highest BCUT2D eigenvalue weighted by Gasteiger charge is 2.13. The predicted molar refractivity (Wildman–Crippen MR) is 68.8 cm³/mol. The number of carboxylic acid groups (broad SMARTS) is 1. The number of rotatable bonds is 7. The van der Waals surface area contributed by atoms with Gasteiger partial charge < -0.3 is 5.11 Å². The molecule has 1 aromatic rings. The largest absolute Gasteiger partial charge is 0.481 e. The van der Waals surface area contributed by atoms with Gasteiger partial charge in [0.05, 0.1) is 0 Å². The lowest BCUT2D eigenvalue weighted by Gasteiger charge is -2.26. The second kappa shape index (κ2) is 7.19. The number of hydrogen-bond donors (Lipinski definition) is 1. The van der Waals surface area contributed by atoms with Crippen LogP contribution >= 0.6 is 0 Å². The van der Waals surface area contributed by atoms with Crippen molar-refractivity contribution in [2.24, 2.45) is 0 Å². The minimum absolute atomic E-state index is 0.0782. The normalized spacial score (nSPS) is 11.3. The molecule has 0 radical (unpaired) electrons. The molecule has 0 fully saturated rings. The molecule has 0 saturated heterocycles. The molecule has 0 unspecified atom stereocenters. The van der Waals surface area contributed by atoms with Crippen molar-refractivity contribution in [3.63, 3.8) is 0 Å². The van der Waals surface area contributed by atoms with Crippen LogP contribution in [0.2, 0.25) is 0 Å². The van der Waals surface area contributed by atoms with Crippen LogP contribution in [0.15, 0.2) is 18.2 Å². The van der Waals surface area contributed by atoms with Crippen molar-refractivity contribution in [2.75, 3.05) is 6.54 Å². The maximum Gasteiger partial charge on any atom is 0.303 e. The molecule has 3 nitrogen and oxygen atoms in total. The molecule has 1 rings (SSSR count). The SMILES string of the molecule is CC(C)N(CCCC(=O)O)Cc1cc(F)ccc1F. The summed E-state index contributed by atoms with van der Waals surface area (Å²) in [5.41, 5.74) is 0.295. The molecule has 0 spiro atoms. The van der Waals surface area contributed by atoms with E-state index in [9.17, 15) is 13.6 Å². The Bertz CT molecular complexity index is 435. The fraction of sp³-hybridized carbons (Fsp3) is 0.500. The lowest BCUT2D eigenvalue weighted by atomic mass is 10.1. The zero-order valence-electron chi connectivity index (χ0n) is 11.2. The molecule has 1 N–H and O–H groups in total. The molecule has 1 aromatic carbocycles. The Morgan fingerprint density at radius 2 is 2.05 bits per heavy atom. The first-order valence-electron chi connectivity index (χ1n) is 6.30. The molecule has 0 aliphatic rings. The molecule has 5 heteroatoms. The number of hydrogen-bond acceptors (Lipinski definition) is 2. The molecule has 19 heavy (non-hydrogen) atoms. The maximum atomic E-state index is 13.6. The third-order valence-corrected chi connectivity index (χ3v) is 2.95. The molecular weight excluding hydrogens is 252 g/mol. The van der Waals surface area contributed by atoms with Gasteiger partial charge in [-0.3, -0.25) is 9.69 Å². The molecule has 0 aliphatic heterocycles. The van der Waals surface area contributed by atoms with E-state index in [1.54, 1.807) is 0 Å². The molecule has 0 heterocycles. The molecule has 0 aromatic heterocycles. The van der Waals surface area contributed by atoms with Crippen molar-refractivity contribution in [1.82, 2.24) is 4.90 Å².